The molecule has 0 aliphatic rings. The van der Waals surface area contributed by atoms with E-state index in [1.54, 1.807) is 30.1 Å². The lowest BCUT2D eigenvalue weighted by atomic mass is 10.1. The molecule has 25 heavy (non-hydrogen) atoms. The summed E-state index contributed by atoms with van der Waals surface area (Å²) in [4.78, 5) is 25.9. The highest BCUT2D eigenvalue weighted by Gasteiger charge is 2.17. The molecule has 1 aromatic carbocycles. The Morgan fingerprint density at radius 3 is 2.60 bits per heavy atom. The number of nitrogens with zero attached hydrogens (tertiary/aromatic N) is 2. The minimum absolute atomic E-state index is 0.0930. The average Bonchev–Trinajstić information content (AvgIpc) is 2.60. The topological polar surface area (TPSA) is 96.6 Å². The normalized spacial score (nSPS) is 11.6. The number of hydrogen-bond acceptors (Lipinski definition) is 4. The highest BCUT2D eigenvalue weighted by Crippen LogP contribution is 2.11. The molecule has 2 amide bonds. The molecule has 0 aliphatic heterocycles. The van der Waals surface area contributed by atoms with E-state index in [2.05, 4.69) is 5.32 Å². The van der Waals surface area contributed by atoms with Gasteiger partial charge in [-0.3, -0.25) is 9.59 Å². The molecule has 2 N–H and O–H groups in total. The number of rotatable bonds is 6. The van der Waals surface area contributed by atoms with E-state index < -0.39 is 0 Å². The Kier molecular flexibility index (Phi) is 5.94. The van der Waals surface area contributed by atoms with Crippen molar-refractivity contribution in [1.82, 2.24) is 10.2 Å². The Hall–Kier alpha value is -3.09. The molecule has 1 heterocycles. The Morgan fingerprint density at radius 2 is 1.96 bits per heavy atom. The molecule has 0 saturated heterocycles. The van der Waals surface area contributed by atoms with Gasteiger partial charge in [0.15, 0.2) is 12.4 Å². The smallest absolute Gasteiger partial charge is 0.257 e. The third-order valence-corrected chi connectivity index (χ3v) is 3.94. The molecular weight excluding hydrogens is 322 g/mol. The van der Waals surface area contributed by atoms with Gasteiger partial charge in [0.1, 0.15) is 11.3 Å². The standard InChI is InChI=1S/C18H21N3O4/c1-13(11-19-18(24)15-4-3-9-21(25)12-15)20(2)17(23)10-14-5-7-16(22)8-6-14/h3-9,12-13,22H,10-11H2,1-2H3,(H,19,24)/t13-/m0/s1. The van der Waals surface area contributed by atoms with Crippen molar-refractivity contribution in [3.63, 3.8) is 0 Å². The van der Waals surface area contributed by atoms with E-state index in [0.29, 0.717) is 4.73 Å². The summed E-state index contributed by atoms with van der Waals surface area (Å²) in [5.74, 6) is -0.304. The van der Waals surface area contributed by atoms with E-state index in [1.165, 1.54) is 30.6 Å². The van der Waals surface area contributed by atoms with E-state index in [-0.39, 0.29) is 42.1 Å². The van der Waals surface area contributed by atoms with Crippen LogP contribution in [0.25, 0.3) is 0 Å². The van der Waals surface area contributed by atoms with Crippen molar-refractivity contribution in [2.45, 2.75) is 19.4 Å². The zero-order valence-corrected chi connectivity index (χ0v) is 14.2. The zero-order valence-electron chi connectivity index (χ0n) is 14.2. The van der Waals surface area contributed by atoms with Crippen LogP contribution in [0, 0.1) is 5.21 Å². The highest BCUT2D eigenvalue weighted by molar-refractivity contribution is 5.93. The summed E-state index contributed by atoms with van der Waals surface area (Å²) in [6, 6.07) is 9.30. The quantitative estimate of drug-likeness (QED) is 0.600. The molecule has 0 saturated carbocycles. The number of carbonyl (C=O) groups is 2. The minimum atomic E-state index is -0.364. The van der Waals surface area contributed by atoms with Crippen LogP contribution in [0.1, 0.15) is 22.8 Å². The summed E-state index contributed by atoms with van der Waals surface area (Å²) in [5, 5.41) is 23.2. The fraction of sp³-hybridized carbons (Fsp3) is 0.278. The van der Waals surface area contributed by atoms with Crippen LogP contribution in [-0.4, -0.2) is 41.5 Å². The van der Waals surface area contributed by atoms with E-state index in [4.69, 9.17) is 0 Å². The lowest BCUT2D eigenvalue weighted by Crippen LogP contribution is -2.44. The summed E-state index contributed by atoms with van der Waals surface area (Å²) in [5.41, 5.74) is 1.07. The lowest BCUT2D eigenvalue weighted by molar-refractivity contribution is -0.605. The monoisotopic (exact) mass is 343 g/mol. The SMILES string of the molecule is C[C@@H](CNC(=O)c1ccc[n+]([O-])c1)N(C)C(=O)Cc1ccc(O)cc1. The maximum atomic E-state index is 12.3. The minimum Gasteiger partial charge on any atom is -0.619 e. The second-order valence-electron chi connectivity index (χ2n) is 5.86. The van der Waals surface area contributed by atoms with Crippen molar-refractivity contribution < 1.29 is 19.4 Å². The van der Waals surface area contributed by atoms with Crippen molar-refractivity contribution >= 4 is 11.8 Å². The van der Waals surface area contributed by atoms with Crippen LogP contribution in [0.15, 0.2) is 48.8 Å². The maximum Gasteiger partial charge on any atom is 0.257 e. The predicted octanol–water partition coefficient (Wildman–Crippen LogP) is 0.845. The Bertz CT molecular complexity index is 746. The van der Waals surface area contributed by atoms with Gasteiger partial charge in [0.2, 0.25) is 5.91 Å². The Morgan fingerprint density at radius 1 is 1.28 bits per heavy atom. The second kappa shape index (κ2) is 8.14. The maximum absolute atomic E-state index is 12.3. The Balaban J connectivity index is 1.86. The molecule has 0 bridgehead atoms. The van der Waals surface area contributed by atoms with Crippen LogP contribution >= 0.6 is 0 Å². The fourth-order valence-corrected chi connectivity index (χ4v) is 2.23. The molecule has 0 radical (unpaired) electrons. The number of phenolic OH excluding ortho intramolecular Hbond substituents is 1. The van der Waals surface area contributed by atoms with Gasteiger partial charge < -0.3 is 20.5 Å². The summed E-state index contributed by atoms with van der Waals surface area (Å²) in [6.45, 7) is 2.10. The molecule has 132 valence electrons. The van der Waals surface area contributed by atoms with Crippen LogP contribution in [0.3, 0.4) is 0 Å². The number of nitrogens with one attached hydrogen (secondary N) is 1. The first-order valence-electron chi connectivity index (χ1n) is 7.87. The van der Waals surface area contributed by atoms with Gasteiger partial charge in [-0.05, 0) is 30.7 Å². The number of benzene rings is 1. The van der Waals surface area contributed by atoms with Gasteiger partial charge in [-0.25, -0.2) is 0 Å². The number of hydrogen-bond donors (Lipinski definition) is 2. The van der Waals surface area contributed by atoms with Gasteiger partial charge in [-0.15, -0.1) is 0 Å². The van der Waals surface area contributed by atoms with E-state index in [0.717, 1.165) is 5.56 Å². The van der Waals surface area contributed by atoms with Gasteiger partial charge in [-0.1, -0.05) is 12.1 Å². The molecule has 2 aromatic rings. The van der Waals surface area contributed by atoms with E-state index in [1.807, 2.05) is 6.92 Å². The number of amides is 2. The number of pyridine rings is 1. The molecule has 2 rings (SSSR count). The molecule has 0 aliphatic carbocycles. The number of aromatic hydroxyl groups is 1. The molecule has 0 spiro atoms. The third-order valence-electron chi connectivity index (χ3n) is 3.94. The summed E-state index contributed by atoms with van der Waals surface area (Å²) >= 11 is 0. The summed E-state index contributed by atoms with van der Waals surface area (Å²) in [6.07, 6.45) is 2.71. The zero-order chi connectivity index (χ0) is 18.4. The molecule has 0 unspecified atom stereocenters. The van der Waals surface area contributed by atoms with Crippen LogP contribution in [0.4, 0.5) is 0 Å². The van der Waals surface area contributed by atoms with Crippen molar-refractivity contribution in [2.24, 2.45) is 0 Å². The molecule has 0 fully saturated rings. The van der Waals surface area contributed by atoms with Crippen LogP contribution in [0.2, 0.25) is 0 Å². The average molecular weight is 343 g/mol. The fourth-order valence-electron chi connectivity index (χ4n) is 2.23. The van der Waals surface area contributed by atoms with Crippen LogP contribution < -0.4 is 10.0 Å². The van der Waals surface area contributed by atoms with Crippen molar-refractivity contribution in [2.75, 3.05) is 13.6 Å². The molecule has 7 heteroatoms. The molecular formula is C18H21N3O4. The third kappa shape index (κ3) is 5.20. The van der Waals surface area contributed by atoms with E-state index in [9.17, 15) is 19.9 Å². The molecule has 1 aromatic heterocycles. The summed E-state index contributed by atoms with van der Waals surface area (Å²) < 4.78 is 0.561. The first-order chi connectivity index (χ1) is 11.9. The predicted molar refractivity (Wildman–Crippen MR) is 91.8 cm³/mol. The van der Waals surface area contributed by atoms with Crippen molar-refractivity contribution in [3.8, 4) is 5.75 Å². The van der Waals surface area contributed by atoms with Gasteiger partial charge in [0.05, 0.1) is 6.42 Å². The number of aromatic nitrogens is 1. The molecule has 1 atom stereocenters. The van der Waals surface area contributed by atoms with Crippen molar-refractivity contribution in [1.29, 1.82) is 0 Å². The van der Waals surface area contributed by atoms with Crippen LogP contribution in [0.5, 0.6) is 5.75 Å². The number of likely N-dealkylation sites (N-methyl/N-ethyl adjacent to an activating group) is 1. The highest BCUT2D eigenvalue weighted by atomic mass is 16.5. The lowest BCUT2D eigenvalue weighted by Gasteiger charge is -2.25. The largest absolute Gasteiger partial charge is 0.619 e. The van der Waals surface area contributed by atoms with Crippen molar-refractivity contribution in [3.05, 3.63) is 65.1 Å². The first kappa shape index (κ1) is 18.3. The number of carbonyl (C=O) groups excluding carboxylic acids is 2. The van der Waals surface area contributed by atoms with E-state index >= 15 is 0 Å². The number of phenols is 1. The van der Waals surface area contributed by atoms with Gasteiger partial charge >= 0.3 is 0 Å². The first-order valence-corrected chi connectivity index (χ1v) is 7.87. The van der Waals surface area contributed by atoms with Crippen LogP contribution in [-0.2, 0) is 11.2 Å². The summed E-state index contributed by atoms with van der Waals surface area (Å²) in [7, 11) is 1.67. The van der Waals surface area contributed by atoms with Gasteiger partial charge in [-0.2, -0.15) is 4.73 Å². The van der Waals surface area contributed by atoms with Gasteiger partial charge in [0, 0.05) is 25.7 Å². The molecule has 7 nitrogen and oxygen atoms in total. The Labute approximate surface area is 146 Å². The second-order valence-corrected chi connectivity index (χ2v) is 5.86. The van der Waals surface area contributed by atoms with Gasteiger partial charge in [0.25, 0.3) is 5.91 Å².